The summed E-state index contributed by atoms with van der Waals surface area (Å²) in [5, 5.41) is 7.44. The minimum atomic E-state index is -4.39. The fraction of sp³-hybridized carbons (Fsp3) is 0.692. The van der Waals surface area contributed by atoms with Crippen molar-refractivity contribution in [3.8, 4) is 0 Å². The molecule has 134 valence electrons. The number of unbranched alkanes of at least 4 members (excludes halogenated alkanes) is 2. The average molecular weight is 466 g/mol. The lowest BCUT2D eigenvalue weighted by molar-refractivity contribution is -0.140. The fourth-order valence-electron chi connectivity index (χ4n) is 1.66. The molecule has 0 aliphatic heterocycles. The first-order valence-electron chi connectivity index (χ1n) is 6.92. The van der Waals surface area contributed by atoms with Crippen molar-refractivity contribution in [2.24, 2.45) is 4.99 Å². The SMILES string of the molecule is CN=C(NCCCCCOC)NCc1nc(C(F)(F)F)cs1.I. The predicted octanol–water partition coefficient (Wildman–Crippen LogP) is 3.26. The molecule has 10 heteroatoms. The van der Waals surface area contributed by atoms with Gasteiger partial charge in [0.05, 0.1) is 6.54 Å². The molecule has 2 N–H and O–H groups in total. The lowest BCUT2D eigenvalue weighted by atomic mass is 10.2. The van der Waals surface area contributed by atoms with E-state index in [-0.39, 0.29) is 30.5 Å². The van der Waals surface area contributed by atoms with Crippen LogP contribution >= 0.6 is 35.3 Å². The van der Waals surface area contributed by atoms with Crippen LogP contribution in [-0.2, 0) is 17.5 Å². The second-order valence-electron chi connectivity index (χ2n) is 4.53. The van der Waals surface area contributed by atoms with Crippen LogP contribution in [0.4, 0.5) is 13.2 Å². The number of methoxy groups -OCH3 is 1. The first-order chi connectivity index (χ1) is 10.5. The van der Waals surface area contributed by atoms with Gasteiger partial charge < -0.3 is 15.4 Å². The van der Waals surface area contributed by atoms with Crippen molar-refractivity contribution in [1.82, 2.24) is 15.6 Å². The number of rotatable bonds is 8. The van der Waals surface area contributed by atoms with E-state index in [1.54, 1.807) is 14.2 Å². The molecule has 0 bridgehead atoms. The maximum Gasteiger partial charge on any atom is 0.434 e. The average Bonchev–Trinajstić information content (AvgIpc) is 2.95. The van der Waals surface area contributed by atoms with Crippen LogP contribution in [0.5, 0.6) is 0 Å². The highest BCUT2D eigenvalue weighted by atomic mass is 127. The molecule has 1 heterocycles. The quantitative estimate of drug-likeness (QED) is 0.267. The molecular formula is C13H22F3IN4OS. The Kier molecular flexibility index (Phi) is 11.5. The number of hydrogen-bond acceptors (Lipinski definition) is 4. The van der Waals surface area contributed by atoms with Gasteiger partial charge in [0.1, 0.15) is 5.01 Å². The molecule has 0 aromatic carbocycles. The van der Waals surface area contributed by atoms with Gasteiger partial charge in [-0.1, -0.05) is 0 Å². The molecule has 1 aromatic heterocycles. The fourth-order valence-corrected chi connectivity index (χ4v) is 2.40. The van der Waals surface area contributed by atoms with Crippen molar-refractivity contribution in [3.05, 3.63) is 16.1 Å². The van der Waals surface area contributed by atoms with Crippen molar-refractivity contribution >= 4 is 41.3 Å². The summed E-state index contributed by atoms with van der Waals surface area (Å²) < 4.78 is 42.3. The third kappa shape index (κ3) is 9.30. The smallest absolute Gasteiger partial charge is 0.385 e. The van der Waals surface area contributed by atoms with Gasteiger partial charge in [-0.3, -0.25) is 4.99 Å². The van der Waals surface area contributed by atoms with Gasteiger partial charge in [-0.2, -0.15) is 13.2 Å². The molecule has 0 aliphatic carbocycles. The molecule has 0 saturated heterocycles. The Morgan fingerprint density at radius 3 is 2.61 bits per heavy atom. The highest BCUT2D eigenvalue weighted by Gasteiger charge is 2.33. The molecule has 0 saturated carbocycles. The van der Waals surface area contributed by atoms with E-state index in [1.165, 1.54) is 0 Å². The summed E-state index contributed by atoms with van der Waals surface area (Å²) >= 11 is 0.976. The van der Waals surface area contributed by atoms with Gasteiger partial charge in [0, 0.05) is 32.7 Å². The molecule has 1 rings (SSSR count). The molecule has 0 amide bonds. The lowest BCUT2D eigenvalue weighted by Crippen LogP contribution is -2.37. The molecule has 0 spiro atoms. The highest BCUT2D eigenvalue weighted by Crippen LogP contribution is 2.29. The number of aromatic nitrogens is 1. The third-order valence-corrected chi connectivity index (χ3v) is 3.64. The Morgan fingerprint density at radius 2 is 2.04 bits per heavy atom. The van der Waals surface area contributed by atoms with Crippen LogP contribution < -0.4 is 10.6 Å². The monoisotopic (exact) mass is 466 g/mol. The Bertz CT molecular complexity index is 468. The van der Waals surface area contributed by atoms with Crippen LogP contribution in [0.3, 0.4) is 0 Å². The minimum absolute atomic E-state index is 0. The summed E-state index contributed by atoms with van der Waals surface area (Å²) in [5.41, 5.74) is -0.851. The normalized spacial score (nSPS) is 12.0. The van der Waals surface area contributed by atoms with Gasteiger partial charge in [-0.15, -0.1) is 35.3 Å². The van der Waals surface area contributed by atoms with Crippen LogP contribution in [0.25, 0.3) is 0 Å². The molecule has 0 unspecified atom stereocenters. The van der Waals surface area contributed by atoms with Crippen LogP contribution in [-0.4, -0.2) is 38.3 Å². The Balaban J connectivity index is 0.00000484. The summed E-state index contributed by atoms with van der Waals surface area (Å²) in [6.07, 6.45) is -1.38. The lowest BCUT2D eigenvalue weighted by Gasteiger charge is -2.10. The van der Waals surface area contributed by atoms with E-state index in [0.717, 1.165) is 49.1 Å². The number of halogens is 4. The second-order valence-corrected chi connectivity index (χ2v) is 5.47. The van der Waals surface area contributed by atoms with Gasteiger partial charge in [0.2, 0.25) is 0 Å². The van der Waals surface area contributed by atoms with Crippen molar-refractivity contribution in [1.29, 1.82) is 0 Å². The number of nitrogens with zero attached hydrogens (tertiary/aromatic N) is 2. The number of ether oxygens (including phenoxy) is 1. The van der Waals surface area contributed by atoms with E-state index in [0.29, 0.717) is 11.0 Å². The van der Waals surface area contributed by atoms with Gasteiger partial charge in [-0.25, -0.2) is 4.98 Å². The van der Waals surface area contributed by atoms with E-state index in [4.69, 9.17) is 4.74 Å². The molecule has 23 heavy (non-hydrogen) atoms. The highest BCUT2D eigenvalue weighted by molar-refractivity contribution is 14.0. The number of aliphatic imine (C=N–C) groups is 1. The Labute approximate surface area is 155 Å². The van der Waals surface area contributed by atoms with Crippen molar-refractivity contribution in [2.45, 2.75) is 32.0 Å². The molecular weight excluding hydrogens is 444 g/mol. The predicted molar refractivity (Wildman–Crippen MR) is 96.5 cm³/mol. The molecule has 1 aromatic rings. The van der Waals surface area contributed by atoms with E-state index >= 15 is 0 Å². The molecule has 0 fully saturated rings. The number of guanidine groups is 1. The van der Waals surface area contributed by atoms with Crippen LogP contribution in [0, 0.1) is 0 Å². The number of alkyl halides is 3. The molecule has 0 aliphatic rings. The van der Waals surface area contributed by atoms with Crippen LogP contribution in [0.2, 0.25) is 0 Å². The minimum Gasteiger partial charge on any atom is -0.385 e. The van der Waals surface area contributed by atoms with Crippen molar-refractivity contribution in [2.75, 3.05) is 27.3 Å². The maximum atomic E-state index is 12.4. The zero-order chi connectivity index (χ0) is 16.4. The van der Waals surface area contributed by atoms with E-state index in [2.05, 4.69) is 20.6 Å². The summed E-state index contributed by atoms with van der Waals surface area (Å²) in [4.78, 5) is 7.57. The first-order valence-corrected chi connectivity index (χ1v) is 7.80. The van der Waals surface area contributed by atoms with Crippen molar-refractivity contribution in [3.63, 3.8) is 0 Å². The zero-order valence-electron chi connectivity index (χ0n) is 13.1. The summed E-state index contributed by atoms with van der Waals surface area (Å²) in [5.74, 6) is 0.551. The van der Waals surface area contributed by atoms with Crippen molar-refractivity contribution < 1.29 is 17.9 Å². The van der Waals surface area contributed by atoms with Gasteiger partial charge in [-0.05, 0) is 19.3 Å². The third-order valence-electron chi connectivity index (χ3n) is 2.79. The largest absolute Gasteiger partial charge is 0.434 e. The Morgan fingerprint density at radius 1 is 1.30 bits per heavy atom. The summed E-state index contributed by atoms with van der Waals surface area (Å²) in [6, 6.07) is 0. The maximum absolute atomic E-state index is 12.4. The summed E-state index contributed by atoms with van der Waals surface area (Å²) in [6.45, 7) is 1.71. The van der Waals surface area contributed by atoms with E-state index in [9.17, 15) is 13.2 Å². The number of nitrogens with one attached hydrogen (secondary N) is 2. The van der Waals surface area contributed by atoms with E-state index in [1.807, 2.05) is 0 Å². The number of hydrogen-bond donors (Lipinski definition) is 2. The van der Waals surface area contributed by atoms with Crippen LogP contribution in [0.15, 0.2) is 10.4 Å². The van der Waals surface area contributed by atoms with Crippen LogP contribution in [0.1, 0.15) is 30.0 Å². The second kappa shape index (κ2) is 11.8. The van der Waals surface area contributed by atoms with Gasteiger partial charge >= 0.3 is 6.18 Å². The van der Waals surface area contributed by atoms with E-state index < -0.39 is 11.9 Å². The molecule has 5 nitrogen and oxygen atoms in total. The Hall–Kier alpha value is -0.620. The zero-order valence-corrected chi connectivity index (χ0v) is 16.2. The number of thiazole rings is 1. The van der Waals surface area contributed by atoms with Gasteiger partial charge in [0.25, 0.3) is 0 Å². The summed E-state index contributed by atoms with van der Waals surface area (Å²) in [7, 11) is 3.29. The molecule has 0 radical (unpaired) electrons. The van der Waals surface area contributed by atoms with Gasteiger partial charge in [0.15, 0.2) is 11.7 Å². The topological polar surface area (TPSA) is 58.5 Å². The first kappa shape index (κ1) is 22.4. The standard InChI is InChI=1S/C13H21F3N4OS.HI/c1-17-12(18-6-4-3-5-7-21-2)19-8-11-20-10(9-22-11)13(14,15)16;/h9H,3-8H2,1-2H3,(H2,17,18,19);1H. The molecule has 0 atom stereocenters.